The van der Waals surface area contributed by atoms with E-state index in [1.807, 2.05) is 0 Å². The molecule has 0 aromatic rings. The molecule has 0 radical (unpaired) electrons. The van der Waals surface area contributed by atoms with E-state index < -0.39 is 12.0 Å². The third-order valence-electron chi connectivity index (χ3n) is 1.22. The first-order chi connectivity index (χ1) is 6.11. The van der Waals surface area contributed by atoms with Crippen molar-refractivity contribution in [1.29, 1.82) is 0 Å². The first kappa shape index (κ1) is 11.5. The molecular formula is C8H13NO4. The van der Waals surface area contributed by atoms with E-state index in [0.29, 0.717) is 0 Å². The average Bonchev–Trinajstić information content (AvgIpc) is 2.10. The number of amides is 1. The van der Waals surface area contributed by atoms with Gasteiger partial charge in [-0.25, -0.2) is 4.79 Å². The minimum Gasteiger partial charge on any atom is -0.505 e. The molecule has 0 bridgehead atoms. The number of rotatable bonds is 4. The smallest absolute Gasteiger partial charge is 0.332 e. The topological polar surface area (TPSA) is 64.6 Å². The Bertz CT molecular complexity index is 212. The summed E-state index contributed by atoms with van der Waals surface area (Å²) in [5, 5.41) is 2.39. The van der Waals surface area contributed by atoms with E-state index in [1.165, 1.54) is 33.5 Å². The van der Waals surface area contributed by atoms with Crippen LogP contribution in [0.3, 0.4) is 0 Å². The second kappa shape index (κ2) is 6.05. The minimum absolute atomic E-state index is 0.309. The molecule has 13 heavy (non-hydrogen) atoms. The van der Waals surface area contributed by atoms with Crippen molar-refractivity contribution in [2.45, 2.75) is 13.0 Å². The lowest BCUT2D eigenvalue weighted by molar-refractivity contribution is -0.143. The van der Waals surface area contributed by atoms with Gasteiger partial charge in [-0.15, -0.1) is 0 Å². The monoisotopic (exact) mass is 187 g/mol. The molecule has 0 aliphatic carbocycles. The summed E-state index contributed by atoms with van der Waals surface area (Å²) in [4.78, 5) is 21.7. The second-order valence-electron chi connectivity index (χ2n) is 2.27. The van der Waals surface area contributed by atoms with Gasteiger partial charge in [-0.05, 0) is 6.08 Å². The second-order valence-corrected chi connectivity index (χ2v) is 2.27. The number of hydrogen-bond donors (Lipinski definition) is 1. The molecule has 1 N–H and O–H groups in total. The van der Waals surface area contributed by atoms with Crippen LogP contribution in [0.15, 0.2) is 12.3 Å². The molecule has 0 rings (SSSR count). The molecule has 0 aliphatic heterocycles. The van der Waals surface area contributed by atoms with Crippen LogP contribution < -0.4 is 5.32 Å². The maximum absolute atomic E-state index is 11.0. The summed E-state index contributed by atoms with van der Waals surface area (Å²) in [6, 6.07) is -0.789. The fraction of sp³-hybridized carbons (Fsp3) is 0.500. The van der Waals surface area contributed by atoms with Crippen molar-refractivity contribution < 1.29 is 19.1 Å². The fourth-order valence-corrected chi connectivity index (χ4v) is 0.689. The Morgan fingerprint density at radius 1 is 1.38 bits per heavy atom. The van der Waals surface area contributed by atoms with Crippen LogP contribution in [0.5, 0.6) is 0 Å². The Morgan fingerprint density at radius 2 is 2.00 bits per heavy atom. The summed E-state index contributed by atoms with van der Waals surface area (Å²) >= 11 is 0. The highest BCUT2D eigenvalue weighted by molar-refractivity contribution is 5.84. The van der Waals surface area contributed by atoms with Gasteiger partial charge < -0.3 is 14.8 Å². The SMILES string of the molecule is CO/C=C\C(NC(C)=O)C(=O)OC. The molecule has 74 valence electrons. The number of nitrogens with one attached hydrogen (secondary N) is 1. The highest BCUT2D eigenvalue weighted by Crippen LogP contribution is 1.91. The van der Waals surface area contributed by atoms with Crippen molar-refractivity contribution in [3.8, 4) is 0 Å². The Morgan fingerprint density at radius 3 is 2.38 bits per heavy atom. The summed E-state index contributed by atoms with van der Waals surface area (Å²) < 4.78 is 9.06. The van der Waals surface area contributed by atoms with Crippen LogP contribution in [0.2, 0.25) is 0 Å². The van der Waals surface area contributed by atoms with E-state index in [9.17, 15) is 9.59 Å². The van der Waals surface area contributed by atoms with Gasteiger partial charge in [0.05, 0.1) is 20.5 Å². The first-order valence-corrected chi connectivity index (χ1v) is 3.66. The summed E-state index contributed by atoms with van der Waals surface area (Å²) in [5.74, 6) is -0.848. The average molecular weight is 187 g/mol. The third-order valence-corrected chi connectivity index (χ3v) is 1.22. The van der Waals surface area contributed by atoms with E-state index >= 15 is 0 Å². The van der Waals surface area contributed by atoms with E-state index in [-0.39, 0.29) is 5.91 Å². The molecule has 1 amide bonds. The van der Waals surface area contributed by atoms with Crippen molar-refractivity contribution in [3.05, 3.63) is 12.3 Å². The van der Waals surface area contributed by atoms with E-state index in [0.717, 1.165) is 0 Å². The molecule has 0 aliphatic rings. The molecule has 0 aromatic carbocycles. The fourth-order valence-electron chi connectivity index (χ4n) is 0.689. The molecule has 0 heterocycles. The lowest BCUT2D eigenvalue weighted by Crippen LogP contribution is -2.38. The van der Waals surface area contributed by atoms with Crippen LogP contribution in [0.25, 0.3) is 0 Å². The molecule has 0 spiro atoms. The highest BCUT2D eigenvalue weighted by Gasteiger charge is 2.16. The maximum Gasteiger partial charge on any atom is 0.332 e. The molecular weight excluding hydrogens is 174 g/mol. The van der Waals surface area contributed by atoms with Crippen molar-refractivity contribution in [2.24, 2.45) is 0 Å². The summed E-state index contributed by atoms with van der Waals surface area (Å²) in [7, 11) is 2.69. The minimum atomic E-state index is -0.789. The predicted molar refractivity (Wildman–Crippen MR) is 45.8 cm³/mol. The maximum atomic E-state index is 11.0. The number of carbonyl (C=O) groups is 2. The number of esters is 1. The van der Waals surface area contributed by atoms with Gasteiger partial charge >= 0.3 is 5.97 Å². The van der Waals surface area contributed by atoms with Crippen LogP contribution in [0.1, 0.15) is 6.92 Å². The third kappa shape index (κ3) is 4.84. The summed E-state index contributed by atoms with van der Waals surface area (Å²) in [6.07, 6.45) is 2.70. The number of carbonyl (C=O) groups excluding carboxylic acids is 2. The summed E-state index contributed by atoms with van der Waals surface area (Å²) in [6.45, 7) is 1.32. The van der Waals surface area contributed by atoms with Gasteiger partial charge in [0, 0.05) is 6.92 Å². The Hall–Kier alpha value is -1.52. The van der Waals surface area contributed by atoms with E-state index in [4.69, 9.17) is 0 Å². The lowest BCUT2D eigenvalue weighted by atomic mass is 10.3. The largest absolute Gasteiger partial charge is 0.505 e. The molecule has 0 fully saturated rings. The van der Waals surface area contributed by atoms with Crippen LogP contribution in [0.4, 0.5) is 0 Å². The van der Waals surface area contributed by atoms with Gasteiger partial charge in [-0.2, -0.15) is 0 Å². The number of ether oxygens (including phenoxy) is 2. The molecule has 1 unspecified atom stereocenters. The van der Waals surface area contributed by atoms with Crippen LogP contribution in [0, 0.1) is 0 Å². The van der Waals surface area contributed by atoms with E-state index in [1.54, 1.807) is 0 Å². The summed E-state index contributed by atoms with van der Waals surface area (Å²) in [5.41, 5.74) is 0. The number of methoxy groups -OCH3 is 2. The van der Waals surface area contributed by atoms with Crippen LogP contribution >= 0.6 is 0 Å². The Balaban J connectivity index is 4.27. The van der Waals surface area contributed by atoms with Gasteiger partial charge in [0.15, 0.2) is 0 Å². The molecule has 0 saturated carbocycles. The molecule has 0 saturated heterocycles. The van der Waals surface area contributed by atoms with Gasteiger partial charge in [0.2, 0.25) is 5.91 Å². The predicted octanol–water partition coefficient (Wildman–Crippen LogP) is -0.176. The quantitative estimate of drug-likeness (QED) is 0.490. The van der Waals surface area contributed by atoms with Gasteiger partial charge in [-0.3, -0.25) is 4.79 Å². The zero-order valence-corrected chi connectivity index (χ0v) is 7.87. The first-order valence-electron chi connectivity index (χ1n) is 3.66. The molecule has 5 nitrogen and oxygen atoms in total. The van der Waals surface area contributed by atoms with Crippen LogP contribution in [-0.4, -0.2) is 32.1 Å². The highest BCUT2D eigenvalue weighted by atomic mass is 16.5. The zero-order valence-electron chi connectivity index (χ0n) is 7.87. The van der Waals surface area contributed by atoms with Gasteiger partial charge in [0.1, 0.15) is 6.04 Å². The Kier molecular flexibility index (Phi) is 5.34. The van der Waals surface area contributed by atoms with Crippen molar-refractivity contribution in [1.82, 2.24) is 5.32 Å². The van der Waals surface area contributed by atoms with Gasteiger partial charge in [0.25, 0.3) is 0 Å². The number of hydrogen-bond acceptors (Lipinski definition) is 4. The van der Waals surface area contributed by atoms with Gasteiger partial charge in [-0.1, -0.05) is 0 Å². The standard InChI is InChI=1S/C8H13NO4/c1-6(10)9-7(4-5-12-2)8(11)13-3/h4-5,7H,1-3H3,(H,9,10)/b5-4-. The molecule has 5 heteroatoms. The van der Waals surface area contributed by atoms with E-state index in [2.05, 4.69) is 14.8 Å². The Labute approximate surface area is 76.7 Å². The van der Waals surface area contributed by atoms with Crippen molar-refractivity contribution in [2.75, 3.05) is 14.2 Å². The zero-order chi connectivity index (χ0) is 10.3. The molecule has 1 atom stereocenters. The normalized spacial score (nSPS) is 12.2. The van der Waals surface area contributed by atoms with Crippen molar-refractivity contribution >= 4 is 11.9 Å². The van der Waals surface area contributed by atoms with Crippen molar-refractivity contribution in [3.63, 3.8) is 0 Å². The molecule has 0 aromatic heterocycles. The van der Waals surface area contributed by atoms with Crippen LogP contribution in [-0.2, 0) is 19.1 Å². The lowest BCUT2D eigenvalue weighted by Gasteiger charge is -2.10.